The lowest BCUT2D eigenvalue weighted by Gasteiger charge is -2.09. The molecule has 0 saturated heterocycles. The molecule has 5 N–H and O–H groups in total. The van der Waals surface area contributed by atoms with E-state index in [9.17, 15) is 4.79 Å². The molecule has 0 aliphatic heterocycles. The lowest BCUT2D eigenvalue weighted by Crippen LogP contribution is -2.20. The second-order valence-electron chi connectivity index (χ2n) is 6.42. The zero-order chi connectivity index (χ0) is 21.1. The number of para-hydroxylation sites is 1. The summed E-state index contributed by atoms with van der Waals surface area (Å²) in [6.07, 6.45) is 4.34. The van der Waals surface area contributed by atoms with Gasteiger partial charge in [0.2, 0.25) is 0 Å². The van der Waals surface area contributed by atoms with Gasteiger partial charge in [-0.25, -0.2) is 0 Å². The molecule has 0 saturated carbocycles. The summed E-state index contributed by atoms with van der Waals surface area (Å²) in [5, 5.41) is 9.69. The molecule has 0 aromatic heterocycles. The summed E-state index contributed by atoms with van der Waals surface area (Å²) < 4.78 is 3.30. The largest absolute Gasteiger partial charge is 0.394 e. The molecule has 2 rings (SSSR count). The van der Waals surface area contributed by atoms with Gasteiger partial charge in [-0.2, -0.15) is 0 Å². The van der Waals surface area contributed by atoms with E-state index in [0.29, 0.717) is 12.2 Å². The molecule has 2 aromatic carbocycles. The molecule has 0 bridgehead atoms. The van der Waals surface area contributed by atoms with E-state index in [4.69, 9.17) is 16.1 Å². The second-order valence-corrected chi connectivity index (χ2v) is 7.38. The number of carbonyl (C=O) groups is 1. The molecule has 7 heteroatoms. The fourth-order valence-corrected chi connectivity index (χ4v) is 3.36. The van der Waals surface area contributed by atoms with E-state index in [-0.39, 0.29) is 5.70 Å². The third-order valence-electron chi connectivity index (χ3n) is 3.96. The van der Waals surface area contributed by atoms with E-state index in [1.807, 2.05) is 43.3 Å². The van der Waals surface area contributed by atoms with E-state index >= 15 is 0 Å². The van der Waals surface area contributed by atoms with Gasteiger partial charge in [-0.15, -0.1) is 0 Å². The number of hydrogen-bond donors (Lipinski definition) is 4. The van der Waals surface area contributed by atoms with Crippen molar-refractivity contribution in [3.05, 3.63) is 65.9 Å². The van der Waals surface area contributed by atoms with Crippen molar-refractivity contribution in [1.29, 1.82) is 5.41 Å². The summed E-state index contributed by atoms with van der Waals surface area (Å²) in [6, 6.07) is 15.7. The number of amides is 1. The van der Waals surface area contributed by atoms with Crippen molar-refractivity contribution < 1.29 is 4.79 Å². The number of nitrogens with one attached hydrogen (secondary N) is 3. The van der Waals surface area contributed by atoms with Gasteiger partial charge in [-0.1, -0.05) is 37.6 Å². The minimum Gasteiger partial charge on any atom is -0.394 e. The zero-order valence-corrected chi connectivity index (χ0v) is 17.6. The Balaban J connectivity index is 1.93. The number of aryl methyl sites for hydroxylation is 1. The van der Waals surface area contributed by atoms with Crippen LogP contribution in [-0.4, -0.2) is 24.4 Å². The van der Waals surface area contributed by atoms with Gasteiger partial charge in [-0.3, -0.25) is 14.5 Å². The molecule has 0 fully saturated rings. The monoisotopic (exact) mass is 409 g/mol. The Labute approximate surface area is 176 Å². The lowest BCUT2D eigenvalue weighted by atomic mass is 10.1. The van der Waals surface area contributed by atoms with Crippen LogP contribution < -0.4 is 15.8 Å². The highest BCUT2D eigenvalue weighted by atomic mass is 32.2. The predicted molar refractivity (Wildman–Crippen MR) is 123 cm³/mol. The first-order valence-corrected chi connectivity index (χ1v) is 10.2. The van der Waals surface area contributed by atoms with Gasteiger partial charge in [0.05, 0.1) is 11.4 Å². The first-order valence-electron chi connectivity index (χ1n) is 9.43. The standard InChI is InChI=1S/C22H27N5OS/c1-3-7-17-8-4-5-11-21(17)26-16(2)15-25-29-19-10-6-9-18(14-19)27-22(28)20(24)12-13-23/h4-6,8-14,23,25H,3,7,15,24H2,1-2H3,(H,27,28)/b20-12-,23-13?,26-16?. The number of rotatable bonds is 10. The minimum atomic E-state index is -0.433. The Morgan fingerprint density at radius 3 is 2.79 bits per heavy atom. The Morgan fingerprint density at radius 2 is 2.03 bits per heavy atom. The fourth-order valence-electron chi connectivity index (χ4n) is 2.58. The molecule has 0 aliphatic carbocycles. The van der Waals surface area contributed by atoms with Gasteiger partial charge >= 0.3 is 0 Å². The molecular weight excluding hydrogens is 382 g/mol. The molecule has 0 unspecified atom stereocenters. The van der Waals surface area contributed by atoms with Crippen LogP contribution in [0.15, 0.2) is 70.2 Å². The lowest BCUT2D eigenvalue weighted by molar-refractivity contribution is -0.112. The maximum Gasteiger partial charge on any atom is 0.271 e. The van der Waals surface area contributed by atoms with Crippen molar-refractivity contribution in [1.82, 2.24) is 4.72 Å². The van der Waals surface area contributed by atoms with Crippen LogP contribution in [0.1, 0.15) is 25.8 Å². The summed E-state index contributed by atoms with van der Waals surface area (Å²) in [6.45, 7) is 4.81. The van der Waals surface area contributed by atoms with Crippen LogP contribution in [0.25, 0.3) is 0 Å². The number of hydrogen-bond acceptors (Lipinski definition) is 6. The van der Waals surface area contributed by atoms with Crippen LogP contribution in [0.2, 0.25) is 0 Å². The quantitative estimate of drug-likeness (QED) is 0.264. The van der Waals surface area contributed by atoms with Crippen LogP contribution >= 0.6 is 11.9 Å². The fraction of sp³-hybridized carbons (Fsp3) is 0.227. The minimum absolute atomic E-state index is 0.00799. The molecule has 0 spiro atoms. The van der Waals surface area contributed by atoms with Crippen molar-refractivity contribution in [2.24, 2.45) is 10.7 Å². The zero-order valence-electron chi connectivity index (χ0n) is 16.7. The molecule has 29 heavy (non-hydrogen) atoms. The van der Waals surface area contributed by atoms with Crippen molar-refractivity contribution in [2.45, 2.75) is 31.6 Å². The van der Waals surface area contributed by atoms with Crippen LogP contribution in [0.4, 0.5) is 11.4 Å². The molecule has 6 nitrogen and oxygen atoms in total. The van der Waals surface area contributed by atoms with Gasteiger partial charge in [-0.05, 0) is 61.2 Å². The Bertz CT molecular complexity index is 908. The molecule has 2 aromatic rings. The first kappa shape index (κ1) is 22.4. The Hall–Kier alpha value is -2.90. The highest BCUT2D eigenvalue weighted by Crippen LogP contribution is 2.21. The number of carbonyl (C=O) groups excluding carboxylic acids is 1. The average Bonchev–Trinajstić information content (AvgIpc) is 2.70. The molecular formula is C22H27N5OS. The molecule has 1 amide bonds. The van der Waals surface area contributed by atoms with E-state index in [2.05, 4.69) is 23.0 Å². The van der Waals surface area contributed by atoms with E-state index < -0.39 is 5.91 Å². The van der Waals surface area contributed by atoms with Crippen LogP contribution in [-0.2, 0) is 11.2 Å². The van der Waals surface area contributed by atoms with E-state index in [1.165, 1.54) is 23.6 Å². The Kier molecular flexibility index (Phi) is 9.14. The van der Waals surface area contributed by atoms with Crippen molar-refractivity contribution in [3.8, 4) is 0 Å². The van der Waals surface area contributed by atoms with Crippen molar-refractivity contribution in [3.63, 3.8) is 0 Å². The maximum atomic E-state index is 11.9. The Morgan fingerprint density at radius 1 is 1.24 bits per heavy atom. The van der Waals surface area contributed by atoms with Gasteiger partial charge < -0.3 is 16.5 Å². The molecule has 0 heterocycles. The SMILES string of the molecule is CCCc1ccccc1N=C(C)CNSc1cccc(NC(=O)/C(N)=C/C=N)c1. The van der Waals surface area contributed by atoms with Crippen molar-refractivity contribution >= 4 is 41.2 Å². The first-order chi connectivity index (χ1) is 14.0. The van der Waals surface area contributed by atoms with Gasteiger partial charge in [0.25, 0.3) is 5.91 Å². The highest BCUT2D eigenvalue weighted by Gasteiger charge is 2.06. The van der Waals surface area contributed by atoms with Crippen LogP contribution in [0.3, 0.4) is 0 Å². The van der Waals surface area contributed by atoms with Crippen molar-refractivity contribution in [2.75, 3.05) is 11.9 Å². The summed E-state index contributed by atoms with van der Waals surface area (Å²) in [5.41, 5.74) is 9.51. The van der Waals surface area contributed by atoms with Gasteiger partial charge in [0, 0.05) is 29.1 Å². The summed E-state index contributed by atoms with van der Waals surface area (Å²) in [4.78, 5) is 17.6. The number of nitrogens with zero attached hydrogens (tertiary/aromatic N) is 1. The predicted octanol–water partition coefficient (Wildman–Crippen LogP) is 4.46. The topological polar surface area (TPSA) is 103 Å². The number of anilines is 1. The third kappa shape index (κ3) is 7.56. The summed E-state index contributed by atoms with van der Waals surface area (Å²) in [7, 11) is 0. The molecule has 152 valence electrons. The summed E-state index contributed by atoms with van der Waals surface area (Å²) >= 11 is 1.47. The van der Waals surface area contributed by atoms with Crippen LogP contribution in [0, 0.1) is 5.41 Å². The number of benzene rings is 2. The number of nitrogens with two attached hydrogens (primary N) is 1. The van der Waals surface area contributed by atoms with Gasteiger partial charge in [0.15, 0.2) is 0 Å². The average molecular weight is 410 g/mol. The van der Waals surface area contributed by atoms with Crippen LogP contribution in [0.5, 0.6) is 0 Å². The van der Waals surface area contributed by atoms with E-state index in [1.54, 1.807) is 6.07 Å². The highest BCUT2D eigenvalue weighted by molar-refractivity contribution is 7.97. The smallest absolute Gasteiger partial charge is 0.271 e. The molecule has 0 atom stereocenters. The number of aliphatic imine (C=N–C) groups is 1. The molecule has 0 aliphatic rings. The molecule has 0 radical (unpaired) electrons. The number of allylic oxidation sites excluding steroid dienone is 1. The van der Waals surface area contributed by atoms with Gasteiger partial charge in [0.1, 0.15) is 0 Å². The third-order valence-corrected chi connectivity index (χ3v) is 4.74. The van der Waals surface area contributed by atoms with E-state index in [0.717, 1.165) is 35.4 Å². The summed E-state index contributed by atoms with van der Waals surface area (Å²) in [5.74, 6) is -0.433. The maximum absolute atomic E-state index is 11.9. The normalized spacial score (nSPS) is 11.9. The second kappa shape index (κ2) is 11.8.